The highest BCUT2D eigenvalue weighted by Crippen LogP contribution is 2.22. The second kappa shape index (κ2) is 6.31. The molecule has 2 aromatic heterocycles. The van der Waals surface area contributed by atoms with Gasteiger partial charge in [-0.25, -0.2) is 4.98 Å². The van der Waals surface area contributed by atoms with Gasteiger partial charge in [-0.05, 0) is 18.9 Å². The van der Waals surface area contributed by atoms with Crippen molar-refractivity contribution in [1.29, 1.82) is 0 Å². The van der Waals surface area contributed by atoms with Gasteiger partial charge in [-0.3, -0.25) is 14.9 Å². The predicted molar refractivity (Wildman–Crippen MR) is 93.1 cm³/mol. The number of amides is 1. The lowest BCUT2D eigenvalue weighted by molar-refractivity contribution is -0.112. The molecule has 2 N–H and O–H groups in total. The molecule has 6 nitrogen and oxygen atoms in total. The summed E-state index contributed by atoms with van der Waals surface area (Å²) < 4.78 is 1.83. The van der Waals surface area contributed by atoms with E-state index in [1.54, 1.807) is 19.3 Å². The number of aromatic amines is 1. The van der Waals surface area contributed by atoms with Crippen molar-refractivity contribution in [3.8, 4) is 0 Å². The summed E-state index contributed by atoms with van der Waals surface area (Å²) in [5.41, 5.74) is 1.93. The molecule has 0 aliphatic rings. The molecular weight excluding hydrogens is 304 g/mol. The second-order valence-electron chi connectivity index (χ2n) is 6.25. The molecule has 0 aliphatic carbocycles. The van der Waals surface area contributed by atoms with Gasteiger partial charge in [-0.15, -0.1) is 0 Å². The van der Waals surface area contributed by atoms with E-state index in [9.17, 15) is 9.59 Å². The zero-order chi connectivity index (χ0) is 17.3. The number of ketones is 1. The zero-order valence-electron chi connectivity index (χ0n) is 14.0. The third-order valence-corrected chi connectivity index (χ3v) is 3.83. The Bertz CT molecular complexity index is 905. The summed E-state index contributed by atoms with van der Waals surface area (Å²) in [7, 11) is 0. The molecule has 3 rings (SSSR count). The van der Waals surface area contributed by atoms with Gasteiger partial charge in [0.15, 0.2) is 0 Å². The van der Waals surface area contributed by atoms with Crippen LogP contribution in [-0.4, -0.2) is 26.2 Å². The van der Waals surface area contributed by atoms with E-state index in [4.69, 9.17) is 0 Å². The van der Waals surface area contributed by atoms with Gasteiger partial charge < -0.3 is 9.55 Å². The lowest BCUT2D eigenvalue weighted by atomic mass is 10.1. The number of benzene rings is 1. The molecular formula is C18H20N4O2. The van der Waals surface area contributed by atoms with E-state index in [0.29, 0.717) is 23.1 Å². The molecule has 0 spiro atoms. The number of aryl methyl sites for hydroxylation is 1. The Kier molecular flexibility index (Phi) is 4.20. The van der Waals surface area contributed by atoms with Gasteiger partial charge in [0.25, 0.3) is 11.7 Å². The fourth-order valence-corrected chi connectivity index (χ4v) is 2.82. The molecule has 0 unspecified atom stereocenters. The van der Waals surface area contributed by atoms with Crippen LogP contribution in [0.25, 0.3) is 10.9 Å². The van der Waals surface area contributed by atoms with Gasteiger partial charge in [0.1, 0.15) is 0 Å². The molecule has 1 amide bonds. The van der Waals surface area contributed by atoms with Gasteiger partial charge >= 0.3 is 0 Å². The minimum Gasteiger partial charge on any atom is -0.358 e. The van der Waals surface area contributed by atoms with Crippen LogP contribution < -0.4 is 5.32 Å². The molecule has 3 aromatic rings. The standard InChI is InChI=1S/C18H20N4O2/c1-11(2)10-22-9-8-19-18(22)21-17(24)16(23)15-12(3)20-14-7-5-4-6-13(14)15/h4-9,11,20H,10H2,1-3H3,(H,19,21,24). The first-order chi connectivity index (χ1) is 11.5. The van der Waals surface area contributed by atoms with E-state index in [-0.39, 0.29) is 0 Å². The van der Waals surface area contributed by atoms with Crippen molar-refractivity contribution < 1.29 is 9.59 Å². The van der Waals surface area contributed by atoms with E-state index >= 15 is 0 Å². The van der Waals surface area contributed by atoms with E-state index in [1.165, 1.54) is 0 Å². The summed E-state index contributed by atoms with van der Waals surface area (Å²) in [6.45, 7) is 6.66. The zero-order valence-corrected chi connectivity index (χ0v) is 14.0. The first-order valence-electron chi connectivity index (χ1n) is 7.91. The van der Waals surface area contributed by atoms with E-state index < -0.39 is 11.7 Å². The average Bonchev–Trinajstić information content (AvgIpc) is 3.09. The third-order valence-electron chi connectivity index (χ3n) is 3.83. The van der Waals surface area contributed by atoms with Crippen LogP contribution in [0.3, 0.4) is 0 Å². The number of carbonyl (C=O) groups is 2. The Hall–Kier alpha value is -2.89. The molecule has 0 aliphatic heterocycles. The summed E-state index contributed by atoms with van der Waals surface area (Å²) in [4.78, 5) is 32.3. The molecule has 0 bridgehead atoms. The fraction of sp³-hybridized carbons (Fsp3) is 0.278. The van der Waals surface area contributed by atoms with Crippen molar-refractivity contribution in [2.75, 3.05) is 5.32 Å². The monoisotopic (exact) mass is 324 g/mol. The number of Topliss-reactive ketones (excluding diaryl/α,β-unsaturated/α-hetero) is 1. The molecule has 0 fully saturated rings. The molecule has 1 aromatic carbocycles. The van der Waals surface area contributed by atoms with E-state index in [0.717, 1.165) is 17.4 Å². The highest BCUT2D eigenvalue weighted by Gasteiger charge is 2.23. The number of hydrogen-bond acceptors (Lipinski definition) is 3. The van der Waals surface area contributed by atoms with Crippen LogP contribution in [0.4, 0.5) is 5.95 Å². The Balaban J connectivity index is 1.86. The summed E-state index contributed by atoms with van der Waals surface area (Å²) in [5.74, 6) is -0.455. The van der Waals surface area contributed by atoms with Crippen molar-refractivity contribution in [3.05, 3.63) is 47.9 Å². The lowest BCUT2D eigenvalue weighted by Crippen LogP contribution is -2.25. The summed E-state index contributed by atoms with van der Waals surface area (Å²) in [5, 5.41) is 3.38. The molecule has 124 valence electrons. The predicted octanol–water partition coefficient (Wildman–Crippen LogP) is 3.15. The van der Waals surface area contributed by atoms with Crippen molar-refractivity contribution in [2.45, 2.75) is 27.3 Å². The van der Waals surface area contributed by atoms with Crippen LogP contribution in [0.1, 0.15) is 29.9 Å². The van der Waals surface area contributed by atoms with Crippen molar-refractivity contribution in [3.63, 3.8) is 0 Å². The van der Waals surface area contributed by atoms with Gasteiger partial charge in [0.2, 0.25) is 5.95 Å². The lowest BCUT2D eigenvalue weighted by Gasteiger charge is -2.10. The second-order valence-corrected chi connectivity index (χ2v) is 6.25. The normalized spacial score (nSPS) is 11.2. The summed E-state index contributed by atoms with van der Waals surface area (Å²) in [6.07, 6.45) is 3.40. The quantitative estimate of drug-likeness (QED) is 0.559. The number of imidazole rings is 1. The molecule has 2 heterocycles. The summed E-state index contributed by atoms with van der Waals surface area (Å²) in [6, 6.07) is 7.44. The Morgan fingerprint density at radius 1 is 1.29 bits per heavy atom. The van der Waals surface area contributed by atoms with Crippen molar-refractivity contribution in [2.24, 2.45) is 5.92 Å². The van der Waals surface area contributed by atoms with Gasteiger partial charge in [0, 0.05) is 35.5 Å². The van der Waals surface area contributed by atoms with Crippen molar-refractivity contribution in [1.82, 2.24) is 14.5 Å². The van der Waals surface area contributed by atoms with Crippen LogP contribution in [0.2, 0.25) is 0 Å². The minimum absolute atomic E-state index is 0.388. The number of nitrogens with one attached hydrogen (secondary N) is 2. The first-order valence-corrected chi connectivity index (χ1v) is 7.91. The molecule has 0 atom stereocenters. The number of nitrogens with zero attached hydrogens (tertiary/aromatic N) is 2. The SMILES string of the molecule is Cc1[nH]c2ccccc2c1C(=O)C(=O)Nc1nccn1CC(C)C. The van der Waals surface area contributed by atoms with Gasteiger partial charge in [-0.1, -0.05) is 32.0 Å². The van der Waals surface area contributed by atoms with Crippen LogP contribution >= 0.6 is 0 Å². The Morgan fingerprint density at radius 2 is 2.04 bits per heavy atom. The van der Waals surface area contributed by atoms with Crippen molar-refractivity contribution >= 4 is 28.5 Å². The van der Waals surface area contributed by atoms with Crippen LogP contribution in [0, 0.1) is 12.8 Å². The number of fused-ring (bicyclic) bond motifs is 1. The highest BCUT2D eigenvalue weighted by atomic mass is 16.2. The first kappa shape index (κ1) is 16.0. The molecule has 0 radical (unpaired) electrons. The molecule has 0 saturated heterocycles. The maximum absolute atomic E-state index is 12.6. The van der Waals surface area contributed by atoms with E-state index in [2.05, 4.69) is 29.1 Å². The maximum atomic E-state index is 12.6. The number of para-hydroxylation sites is 1. The molecule has 24 heavy (non-hydrogen) atoms. The largest absolute Gasteiger partial charge is 0.358 e. The number of hydrogen-bond donors (Lipinski definition) is 2. The average molecular weight is 324 g/mol. The topological polar surface area (TPSA) is 79.8 Å². The maximum Gasteiger partial charge on any atom is 0.299 e. The number of carbonyl (C=O) groups excluding carboxylic acids is 2. The summed E-state index contributed by atoms with van der Waals surface area (Å²) >= 11 is 0. The number of anilines is 1. The van der Waals surface area contributed by atoms with Gasteiger partial charge in [0.05, 0.1) is 5.56 Å². The molecule has 0 saturated carbocycles. The minimum atomic E-state index is -0.681. The van der Waals surface area contributed by atoms with E-state index in [1.807, 2.05) is 28.8 Å². The Morgan fingerprint density at radius 3 is 2.79 bits per heavy atom. The highest BCUT2D eigenvalue weighted by molar-refractivity contribution is 6.48. The Labute approximate surface area is 139 Å². The van der Waals surface area contributed by atoms with Gasteiger partial charge in [-0.2, -0.15) is 0 Å². The molecule has 6 heteroatoms. The number of rotatable bonds is 5. The number of H-pyrrole nitrogens is 1. The van der Waals surface area contributed by atoms with Crippen LogP contribution in [0.15, 0.2) is 36.7 Å². The third kappa shape index (κ3) is 2.95. The number of aromatic nitrogens is 3. The van der Waals surface area contributed by atoms with Crippen LogP contribution in [0.5, 0.6) is 0 Å². The van der Waals surface area contributed by atoms with Crippen LogP contribution in [-0.2, 0) is 11.3 Å². The smallest absolute Gasteiger partial charge is 0.299 e. The fourth-order valence-electron chi connectivity index (χ4n) is 2.82.